The van der Waals surface area contributed by atoms with Gasteiger partial charge in [-0.05, 0) is 33.3 Å². The molecule has 1 saturated heterocycles. The van der Waals surface area contributed by atoms with Crippen LogP contribution in [0.25, 0.3) is 0 Å². The monoisotopic (exact) mass is 319 g/mol. The SMILES string of the molecule is CC(=O)c1c(C)[nH]c(C(=O)[C@@H](C)N2CCN(C(C)=O)CC2)c1C. The van der Waals surface area contributed by atoms with Gasteiger partial charge in [-0.1, -0.05) is 0 Å². The van der Waals surface area contributed by atoms with E-state index in [1.54, 1.807) is 11.8 Å². The number of rotatable bonds is 4. The average molecular weight is 319 g/mol. The summed E-state index contributed by atoms with van der Waals surface area (Å²) < 4.78 is 0. The van der Waals surface area contributed by atoms with Gasteiger partial charge in [-0.25, -0.2) is 0 Å². The second-order valence-electron chi connectivity index (χ2n) is 6.26. The van der Waals surface area contributed by atoms with E-state index in [2.05, 4.69) is 9.88 Å². The van der Waals surface area contributed by atoms with E-state index >= 15 is 0 Å². The van der Waals surface area contributed by atoms with Gasteiger partial charge < -0.3 is 9.88 Å². The number of ketones is 2. The summed E-state index contributed by atoms with van der Waals surface area (Å²) in [6.45, 7) is 11.3. The molecule has 1 N–H and O–H groups in total. The van der Waals surface area contributed by atoms with Crippen LogP contribution in [0.2, 0.25) is 0 Å². The Hall–Kier alpha value is -1.95. The highest BCUT2D eigenvalue weighted by Crippen LogP contribution is 2.21. The topological polar surface area (TPSA) is 73.5 Å². The van der Waals surface area contributed by atoms with E-state index in [0.29, 0.717) is 37.4 Å². The number of hydrogen-bond donors (Lipinski definition) is 1. The van der Waals surface area contributed by atoms with Crippen LogP contribution in [0.4, 0.5) is 0 Å². The fourth-order valence-electron chi connectivity index (χ4n) is 3.32. The molecule has 0 bridgehead atoms. The predicted octanol–water partition coefficient (Wildman–Crippen LogP) is 1.57. The molecule has 0 aliphatic carbocycles. The van der Waals surface area contributed by atoms with Gasteiger partial charge in [0.2, 0.25) is 5.91 Å². The molecule has 2 rings (SSSR count). The van der Waals surface area contributed by atoms with Gasteiger partial charge in [0.25, 0.3) is 0 Å². The van der Waals surface area contributed by atoms with Crippen molar-refractivity contribution in [1.82, 2.24) is 14.8 Å². The van der Waals surface area contributed by atoms with Crippen molar-refractivity contribution in [1.29, 1.82) is 0 Å². The van der Waals surface area contributed by atoms with Crippen LogP contribution < -0.4 is 0 Å². The summed E-state index contributed by atoms with van der Waals surface area (Å²) in [7, 11) is 0. The Kier molecular flexibility index (Phi) is 5.04. The van der Waals surface area contributed by atoms with Gasteiger partial charge in [-0.3, -0.25) is 19.3 Å². The minimum atomic E-state index is -0.277. The first-order valence-electron chi connectivity index (χ1n) is 7.98. The molecule has 2 heterocycles. The summed E-state index contributed by atoms with van der Waals surface area (Å²) in [5.41, 5.74) is 2.61. The molecule has 1 aromatic heterocycles. The first kappa shape index (κ1) is 17.4. The Labute approximate surface area is 136 Å². The van der Waals surface area contributed by atoms with Crippen LogP contribution in [-0.2, 0) is 4.79 Å². The lowest BCUT2D eigenvalue weighted by Crippen LogP contribution is -2.52. The summed E-state index contributed by atoms with van der Waals surface area (Å²) in [4.78, 5) is 42.9. The maximum absolute atomic E-state index is 12.8. The van der Waals surface area contributed by atoms with E-state index in [1.165, 1.54) is 6.92 Å². The minimum absolute atomic E-state index is 0.00521. The standard InChI is InChI=1S/C17H25N3O3/c1-10-15(13(4)21)11(2)18-16(10)17(23)12(3)19-6-8-20(9-7-19)14(5)22/h12,18H,6-9H2,1-5H3/t12-/m1/s1. The zero-order valence-electron chi connectivity index (χ0n) is 14.5. The van der Waals surface area contributed by atoms with E-state index in [0.717, 1.165) is 11.3 Å². The smallest absolute Gasteiger partial charge is 0.219 e. The molecular weight excluding hydrogens is 294 g/mol. The van der Waals surface area contributed by atoms with E-state index in [-0.39, 0.29) is 23.5 Å². The number of nitrogens with one attached hydrogen (secondary N) is 1. The third-order valence-corrected chi connectivity index (χ3v) is 4.72. The zero-order chi connectivity index (χ0) is 17.3. The summed E-state index contributed by atoms with van der Waals surface area (Å²) >= 11 is 0. The summed E-state index contributed by atoms with van der Waals surface area (Å²) in [5, 5.41) is 0. The molecule has 0 spiro atoms. The Balaban J connectivity index is 2.14. The summed E-state index contributed by atoms with van der Waals surface area (Å²) in [6.07, 6.45) is 0. The number of H-pyrrole nitrogens is 1. The van der Waals surface area contributed by atoms with Crippen molar-refractivity contribution in [3.8, 4) is 0 Å². The van der Waals surface area contributed by atoms with Gasteiger partial charge in [-0.15, -0.1) is 0 Å². The number of carbonyl (C=O) groups excluding carboxylic acids is 3. The van der Waals surface area contributed by atoms with E-state index in [9.17, 15) is 14.4 Å². The van der Waals surface area contributed by atoms with Crippen molar-refractivity contribution in [2.45, 2.75) is 40.7 Å². The minimum Gasteiger partial charge on any atom is -0.355 e. The van der Waals surface area contributed by atoms with Crippen LogP contribution in [0.5, 0.6) is 0 Å². The highest BCUT2D eigenvalue weighted by molar-refractivity contribution is 6.05. The fourth-order valence-corrected chi connectivity index (χ4v) is 3.32. The molecule has 1 fully saturated rings. The highest BCUT2D eigenvalue weighted by Gasteiger charge is 2.29. The molecule has 6 heteroatoms. The highest BCUT2D eigenvalue weighted by atomic mass is 16.2. The van der Waals surface area contributed by atoms with E-state index < -0.39 is 0 Å². The van der Waals surface area contributed by atoms with Crippen LogP contribution in [-0.4, -0.2) is 64.5 Å². The van der Waals surface area contributed by atoms with Crippen molar-refractivity contribution >= 4 is 17.5 Å². The largest absolute Gasteiger partial charge is 0.355 e. The van der Waals surface area contributed by atoms with Crippen LogP contribution in [0.3, 0.4) is 0 Å². The van der Waals surface area contributed by atoms with Gasteiger partial charge in [0.1, 0.15) is 0 Å². The van der Waals surface area contributed by atoms with Crippen molar-refractivity contribution in [3.05, 3.63) is 22.5 Å². The number of nitrogens with zero attached hydrogens (tertiary/aromatic N) is 2. The van der Waals surface area contributed by atoms with Gasteiger partial charge in [0.05, 0.1) is 11.7 Å². The third-order valence-electron chi connectivity index (χ3n) is 4.72. The van der Waals surface area contributed by atoms with Crippen LogP contribution >= 0.6 is 0 Å². The third kappa shape index (κ3) is 3.37. The van der Waals surface area contributed by atoms with Crippen molar-refractivity contribution in [2.24, 2.45) is 0 Å². The van der Waals surface area contributed by atoms with Gasteiger partial charge in [0, 0.05) is 44.4 Å². The number of piperazine rings is 1. The Bertz CT molecular complexity index is 640. The molecule has 126 valence electrons. The average Bonchev–Trinajstić information content (AvgIpc) is 2.80. The Morgan fingerprint density at radius 1 is 1.04 bits per heavy atom. The summed E-state index contributed by atoms with van der Waals surface area (Å²) in [5.74, 6) is 0.0398. The normalized spacial score (nSPS) is 17.2. The Morgan fingerprint density at radius 3 is 2.04 bits per heavy atom. The van der Waals surface area contributed by atoms with Gasteiger partial charge in [0.15, 0.2) is 11.6 Å². The molecule has 0 radical (unpaired) electrons. The molecule has 1 aliphatic heterocycles. The second-order valence-corrected chi connectivity index (χ2v) is 6.26. The fraction of sp³-hybridized carbons (Fsp3) is 0.588. The number of amides is 1. The molecule has 1 aromatic rings. The number of aromatic amines is 1. The first-order valence-corrected chi connectivity index (χ1v) is 7.98. The molecular formula is C17H25N3O3. The number of Topliss-reactive ketones (excluding diaryl/α,β-unsaturated/α-hetero) is 2. The van der Waals surface area contributed by atoms with Crippen LogP contribution in [0.15, 0.2) is 0 Å². The quantitative estimate of drug-likeness (QED) is 0.855. The van der Waals surface area contributed by atoms with E-state index in [1.807, 2.05) is 20.8 Å². The molecule has 1 aliphatic rings. The number of hydrogen-bond acceptors (Lipinski definition) is 4. The van der Waals surface area contributed by atoms with Gasteiger partial charge in [-0.2, -0.15) is 0 Å². The molecule has 0 unspecified atom stereocenters. The van der Waals surface area contributed by atoms with Crippen LogP contribution in [0, 0.1) is 13.8 Å². The van der Waals surface area contributed by atoms with Gasteiger partial charge >= 0.3 is 0 Å². The molecule has 1 atom stereocenters. The maximum atomic E-state index is 12.8. The zero-order valence-corrected chi connectivity index (χ0v) is 14.5. The number of aryl methyl sites for hydroxylation is 1. The van der Waals surface area contributed by atoms with E-state index in [4.69, 9.17) is 0 Å². The second kappa shape index (κ2) is 6.66. The lowest BCUT2D eigenvalue weighted by molar-refractivity contribution is -0.130. The molecule has 23 heavy (non-hydrogen) atoms. The van der Waals surface area contributed by atoms with Crippen molar-refractivity contribution in [3.63, 3.8) is 0 Å². The van der Waals surface area contributed by atoms with Crippen molar-refractivity contribution in [2.75, 3.05) is 26.2 Å². The van der Waals surface area contributed by atoms with Crippen LogP contribution in [0.1, 0.15) is 52.9 Å². The number of carbonyl (C=O) groups is 3. The maximum Gasteiger partial charge on any atom is 0.219 e. The predicted molar refractivity (Wildman–Crippen MR) is 87.9 cm³/mol. The Morgan fingerprint density at radius 2 is 1.61 bits per heavy atom. The first-order chi connectivity index (χ1) is 10.7. The summed E-state index contributed by atoms with van der Waals surface area (Å²) in [6, 6.07) is -0.277. The molecule has 6 nitrogen and oxygen atoms in total. The number of aromatic nitrogens is 1. The lowest BCUT2D eigenvalue weighted by Gasteiger charge is -2.37. The lowest BCUT2D eigenvalue weighted by atomic mass is 10.0. The molecule has 1 amide bonds. The molecule has 0 aromatic carbocycles. The van der Waals surface area contributed by atoms with Crippen molar-refractivity contribution < 1.29 is 14.4 Å². The molecule has 0 saturated carbocycles.